The Balaban J connectivity index is 1.60. The number of carbonyl (C=O) groups is 1. The summed E-state index contributed by atoms with van der Waals surface area (Å²) in [6.07, 6.45) is -3.06. The number of hydrogen-bond donors (Lipinski definition) is 3. The lowest BCUT2D eigenvalue weighted by atomic mass is 9.89. The molecule has 1 saturated heterocycles. The van der Waals surface area contributed by atoms with Crippen molar-refractivity contribution in [1.82, 2.24) is 4.98 Å². The largest absolute Gasteiger partial charge is 0.462 e. The third-order valence-electron chi connectivity index (χ3n) is 5.79. The number of fused-ring (bicyclic) bond motifs is 1. The van der Waals surface area contributed by atoms with Gasteiger partial charge in [0.05, 0.1) is 5.60 Å². The first-order chi connectivity index (χ1) is 16.1. The minimum absolute atomic E-state index is 0.0299. The predicted molar refractivity (Wildman–Crippen MR) is 122 cm³/mol. The molecule has 3 heterocycles. The summed E-state index contributed by atoms with van der Waals surface area (Å²) in [6.45, 7) is 5.13. The number of amides is 1. The Bertz CT molecular complexity index is 1260. The molecule has 0 spiro atoms. The summed E-state index contributed by atoms with van der Waals surface area (Å²) in [5.41, 5.74) is -0.819. The van der Waals surface area contributed by atoms with Gasteiger partial charge in [-0.1, -0.05) is 6.07 Å². The van der Waals surface area contributed by atoms with Crippen LogP contribution in [-0.4, -0.2) is 58.4 Å². The van der Waals surface area contributed by atoms with E-state index in [1.54, 1.807) is 45.0 Å². The highest BCUT2D eigenvalue weighted by Gasteiger charge is 2.50. The van der Waals surface area contributed by atoms with Crippen LogP contribution in [0.15, 0.2) is 51.8 Å². The molecule has 0 bridgehead atoms. The number of hydrogen-bond acceptors (Lipinski definition) is 9. The average Bonchev–Trinajstić information content (AvgIpc) is 2.80. The number of carbonyl (C=O) groups excluding carboxylic acids is 1. The van der Waals surface area contributed by atoms with E-state index in [0.29, 0.717) is 16.7 Å². The maximum Gasteiger partial charge on any atom is 0.360 e. The Hall–Kier alpha value is -3.31. The first kappa shape index (κ1) is 23.8. The number of nitrogens with one attached hydrogen (secondary N) is 1. The highest BCUT2D eigenvalue weighted by Crippen LogP contribution is 2.35. The van der Waals surface area contributed by atoms with E-state index in [1.807, 2.05) is 0 Å². The van der Waals surface area contributed by atoms with Gasteiger partial charge in [-0.25, -0.2) is 4.79 Å². The summed E-state index contributed by atoms with van der Waals surface area (Å²) >= 11 is 0. The summed E-state index contributed by atoms with van der Waals surface area (Å²) < 4.78 is 22.5. The van der Waals surface area contributed by atoms with E-state index >= 15 is 0 Å². The second-order valence-corrected chi connectivity index (χ2v) is 8.57. The number of aryl methyl sites for hydroxylation is 1. The lowest BCUT2D eigenvalue weighted by Crippen LogP contribution is -2.63. The molecule has 10 nitrogen and oxygen atoms in total. The number of aliphatic hydroxyl groups excluding tert-OH is 2. The van der Waals surface area contributed by atoms with Crippen LogP contribution in [0, 0.1) is 6.92 Å². The molecule has 3 N–H and O–H groups in total. The molecule has 2 aromatic heterocycles. The molecule has 10 heteroatoms. The van der Waals surface area contributed by atoms with Crippen molar-refractivity contribution in [2.45, 2.75) is 51.0 Å². The number of nitrogens with zero attached hydrogens (tertiary/aromatic N) is 1. The average molecular weight is 470 g/mol. The van der Waals surface area contributed by atoms with E-state index in [1.165, 1.54) is 25.4 Å². The summed E-state index contributed by atoms with van der Waals surface area (Å²) in [5, 5.41) is 24.0. The number of aliphatic hydroxyl groups is 2. The molecule has 4 atom stereocenters. The molecule has 1 fully saturated rings. The highest BCUT2D eigenvalue weighted by atomic mass is 16.7. The Morgan fingerprint density at radius 2 is 1.94 bits per heavy atom. The minimum Gasteiger partial charge on any atom is -0.462 e. The fourth-order valence-electron chi connectivity index (χ4n) is 4.03. The third kappa shape index (κ3) is 4.40. The number of ether oxygens (including phenoxy) is 3. The van der Waals surface area contributed by atoms with Gasteiger partial charge in [0.2, 0.25) is 6.29 Å². The molecule has 4 rings (SSSR count). The Morgan fingerprint density at radius 1 is 1.18 bits per heavy atom. The molecule has 1 aliphatic rings. The van der Waals surface area contributed by atoms with E-state index < -0.39 is 41.7 Å². The third-order valence-corrected chi connectivity index (χ3v) is 5.79. The number of anilines is 1. The predicted octanol–water partition coefficient (Wildman–Crippen LogP) is 2.00. The van der Waals surface area contributed by atoms with Crippen molar-refractivity contribution >= 4 is 22.6 Å². The van der Waals surface area contributed by atoms with E-state index in [4.69, 9.17) is 18.6 Å². The highest BCUT2D eigenvalue weighted by molar-refractivity contribution is 6.03. The summed E-state index contributed by atoms with van der Waals surface area (Å²) in [5.74, 6) is -0.244. The van der Waals surface area contributed by atoms with Crippen LogP contribution in [0.1, 0.15) is 29.9 Å². The summed E-state index contributed by atoms with van der Waals surface area (Å²) in [4.78, 5) is 28.9. The van der Waals surface area contributed by atoms with Crippen molar-refractivity contribution in [3.05, 3.63) is 64.3 Å². The van der Waals surface area contributed by atoms with Crippen molar-refractivity contribution in [3.8, 4) is 5.75 Å². The number of benzene rings is 1. The lowest BCUT2D eigenvalue weighted by Gasteiger charge is -2.46. The number of rotatable bonds is 5. The topological polar surface area (TPSA) is 140 Å². The summed E-state index contributed by atoms with van der Waals surface area (Å²) in [6, 6.07) is 9.64. The zero-order chi connectivity index (χ0) is 24.6. The second-order valence-electron chi connectivity index (χ2n) is 8.57. The maximum atomic E-state index is 12.5. The van der Waals surface area contributed by atoms with Gasteiger partial charge in [-0.3, -0.25) is 9.78 Å². The van der Waals surface area contributed by atoms with Crippen LogP contribution < -0.4 is 15.7 Å². The van der Waals surface area contributed by atoms with Gasteiger partial charge in [-0.05, 0) is 51.1 Å². The van der Waals surface area contributed by atoms with Gasteiger partial charge in [0.15, 0.2) is 0 Å². The molecule has 1 amide bonds. The lowest BCUT2D eigenvalue weighted by molar-refractivity contribution is -0.306. The van der Waals surface area contributed by atoms with Crippen LogP contribution in [-0.2, 0) is 9.47 Å². The molecule has 34 heavy (non-hydrogen) atoms. The monoisotopic (exact) mass is 470 g/mol. The van der Waals surface area contributed by atoms with Gasteiger partial charge in [0.1, 0.15) is 41.0 Å². The van der Waals surface area contributed by atoms with Gasteiger partial charge >= 0.3 is 5.63 Å². The molecule has 0 aliphatic carbocycles. The van der Waals surface area contributed by atoms with Crippen molar-refractivity contribution in [1.29, 1.82) is 0 Å². The van der Waals surface area contributed by atoms with Crippen LogP contribution in [0.3, 0.4) is 0 Å². The van der Waals surface area contributed by atoms with Crippen LogP contribution in [0.2, 0.25) is 0 Å². The van der Waals surface area contributed by atoms with Crippen LogP contribution in [0.5, 0.6) is 5.75 Å². The van der Waals surface area contributed by atoms with Crippen molar-refractivity contribution in [2.75, 3.05) is 12.4 Å². The number of aromatic nitrogens is 1. The maximum absolute atomic E-state index is 12.5. The minimum atomic E-state index is -1.37. The fourth-order valence-corrected chi connectivity index (χ4v) is 4.03. The van der Waals surface area contributed by atoms with Crippen LogP contribution >= 0.6 is 0 Å². The standard InChI is InChI=1S/C24H26N2O8/c1-12-16(32-23-18(28)17(27)20(31-4)24(2,3)34-23)9-8-13-11-15(22(30)33-19(12)13)26-21(29)14-7-5-6-10-25-14/h5-11,17-18,20,23,27-28H,1-4H3,(H,26,29). The molecule has 4 unspecified atom stereocenters. The Kier molecular flexibility index (Phi) is 6.41. The van der Waals surface area contributed by atoms with Crippen molar-refractivity contribution < 1.29 is 33.6 Å². The summed E-state index contributed by atoms with van der Waals surface area (Å²) in [7, 11) is 1.43. The van der Waals surface area contributed by atoms with E-state index in [0.717, 1.165) is 0 Å². The molecule has 0 saturated carbocycles. The van der Waals surface area contributed by atoms with Gasteiger partial charge in [0.25, 0.3) is 5.91 Å². The number of methoxy groups -OCH3 is 1. The van der Waals surface area contributed by atoms with Crippen molar-refractivity contribution in [2.24, 2.45) is 0 Å². The molecule has 3 aromatic rings. The van der Waals surface area contributed by atoms with Crippen LogP contribution in [0.4, 0.5) is 5.69 Å². The molecular formula is C24H26N2O8. The Labute approximate surface area is 195 Å². The molecular weight excluding hydrogens is 444 g/mol. The van der Waals surface area contributed by atoms with Gasteiger partial charge in [0, 0.05) is 24.3 Å². The van der Waals surface area contributed by atoms with Crippen LogP contribution in [0.25, 0.3) is 11.0 Å². The van der Waals surface area contributed by atoms with E-state index in [-0.39, 0.29) is 17.0 Å². The van der Waals surface area contributed by atoms with Gasteiger partial charge < -0.3 is 34.2 Å². The SMILES string of the molecule is COC1C(O)C(O)C(Oc2ccc3cc(NC(=O)c4ccccn4)c(=O)oc3c2C)OC1(C)C. The van der Waals surface area contributed by atoms with Gasteiger partial charge in [-0.2, -0.15) is 0 Å². The van der Waals surface area contributed by atoms with Crippen molar-refractivity contribution in [3.63, 3.8) is 0 Å². The van der Waals surface area contributed by atoms with Gasteiger partial charge in [-0.15, -0.1) is 0 Å². The fraction of sp³-hybridized carbons (Fsp3) is 0.375. The Morgan fingerprint density at radius 3 is 2.62 bits per heavy atom. The van der Waals surface area contributed by atoms with E-state index in [9.17, 15) is 19.8 Å². The normalized spacial score (nSPS) is 24.1. The molecule has 180 valence electrons. The smallest absolute Gasteiger partial charge is 0.360 e. The zero-order valence-electron chi connectivity index (χ0n) is 19.1. The zero-order valence-corrected chi connectivity index (χ0v) is 19.1. The van der Waals surface area contributed by atoms with E-state index in [2.05, 4.69) is 10.3 Å². The quantitative estimate of drug-likeness (QED) is 0.478. The molecule has 1 aromatic carbocycles. The first-order valence-corrected chi connectivity index (χ1v) is 10.7. The molecule has 1 aliphatic heterocycles. The first-order valence-electron chi connectivity index (χ1n) is 10.7. The second kappa shape index (κ2) is 9.15. The molecule has 0 radical (unpaired) electrons. The number of pyridine rings is 1.